The number of aliphatic carboxylic acids is 1. The zero-order valence-electron chi connectivity index (χ0n) is 22.5. The second-order valence-electron chi connectivity index (χ2n) is 12.6. The summed E-state index contributed by atoms with van der Waals surface area (Å²) in [6.45, 7) is 3.46. The molecule has 6 N–H and O–H groups in total. The van der Waals surface area contributed by atoms with Crippen molar-refractivity contribution in [3.63, 3.8) is 0 Å². The molecule has 38 heavy (non-hydrogen) atoms. The number of nitrogens with two attached hydrogens (primary N) is 1. The molecule has 9 atom stereocenters. The number of aliphatic hydroxyl groups excluding tert-OH is 2. The molecule has 0 unspecified atom stereocenters. The van der Waals surface area contributed by atoms with Gasteiger partial charge >= 0.3 is 5.97 Å². The maximum absolute atomic E-state index is 13.4. The highest BCUT2D eigenvalue weighted by molar-refractivity contribution is 5.92. The lowest BCUT2D eigenvalue weighted by Crippen LogP contribution is -2.62. The van der Waals surface area contributed by atoms with Crippen LogP contribution in [0, 0.1) is 34.5 Å². The number of hydrogen-bond donors (Lipinski definition) is 5. The van der Waals surface area contributed by atoms with Gasteiger partial charge in [0.25, 0.3) is 0 Å². The Balaban J connectivity index is 0.000000236. The van der Waals surface area contributed by atoms with Crippen LogP contribution in [0.25, 0.3) is 0 Å². The van der Waals surface area contributed by atoms with Crippen LogP contribution in [0.5, 0.6) is 0 Å². The fraction of sp³-hybridized carbons (Fsp3) is 0.700. The quantitative estimate of drug-likeness (QED) is 0.389. The minimum atomic E-state index is -1.58. The van der Waals surface area contributed by atoms with Gasteiger partial charge in [0.2, 0.25) is 0 Å². The third-order valence-electron chi connectivity index (χ3n) is 10.7. The van der Waals surface area contributed by atoms with Crippen molar-refractivity contribution in [3.8, 4) is 0 Å². The van der Waals surface area contributed by atoms with E-state index in [9.17, 15) is 29.7 Å². The zero-order chi connectivity index (χ0) is 27.9. The molecule has 1 aromatic carbocycles. The smallest absolute Gasteiger partial charge is 0.320 e. The van der Waals surface area contributed by atoms with Crippen molar-refractivity contribution < 1.29 is 34.8 Å². The molecule has 0 amide bonds. The number of carbonyl (C=O) groups excluding carboxylic acids is 2. The molecule has 0 aromatic heterocycles. The van der Waals surface area contributed by atoms with Gasteiger partial charge in [0.05, 0.1) is 6.10 Å². The number of carboxylic acids is 1. The van der Waals surface area contributed by atoms with Crippen LogP contribution in [0.2, 0.25) is 0 Å². The van der Waals surface area contributed by atoms with E-state index in [0.29, 0.717) is 18.8 Å². The maximum Gasteiger partial charge on any atom is 0.320 e. The van der Waals surface area contributed by atoms with Crippen molar-refractivity contribution in [1.82, 2.24) is 0 Å². The largest absolute Gasteiger partial charge is 0.480 e. The van der Waals surface area contributed by atoms with Crippen molar-refractivity contribution in [2.75, 3.05) is 6.61 Å². The van der Waals surface area contributed by atoms with Crippen LogP contribution in [-0.2, 0) is 20.8 Å². The van der Waals surface area contributed by atoms with Crippen LogP contribution in [0.3, 0.4) is 0 Å². The third-order valence-corrected chi connectivity index (χ3v) is 10.7. The second-order valence-corrected chi connectivity index (χ2v) is 12.6. The summed E-state index contributed by atoms with van der Waals surface area (Å²) >= 11 is 0. The lowest BCUT2D eigenvalue weighted by molar-refractivity contribution is -0.180. The Hall–Kier alpha value is -2.13. The zero-order valence-corrected chi connectivity index (χ0v) is 22.5. The Labute approximate surface area is 224 Å². The van der Waals surface area contributed by atoms with Crippen molar-refractivity contribution in [3.05, 3.63) is 35.9 Å². The van der Waals surface area contributed by atoms with Crippen LogP contribution < -0.4 is 5.73 Å². The van der Waals surface area contributed by atoms with Gasteiger partial charge in [0.15, 0.2) is 5.78 Å². The maximum atomic E-state index is 13.4. The van der Waals surface area contributed by atoms with Gasteiger partial charge < -0.3 is 26.2 Å². The number of carbonyl (C=O) groups is 3. The lowest BCUT2D eigenvalue weighted by atomic mass is 9.44. The van der Waals surface area contributed by atoms with Crippen LogP contribution in [0.1, 0.15) is 70.8 Å². The summed E-state index contributed by atoms with van der Waals surface area (Å²) in [4.78, 5) is 36.1. The molecule has 4 aliphatic carbocycles. The molecule has 4 aliphatic rings. The van der Waals surface area contributed by atoms with Gasteiger partial charge in [-0.15, -0.1) is 0 Å². The first-order chi connectivity index (χ1) is 17.9. The first kappa shape index (κ1) is 28.9. The molecule has 0 spiro atoms. The predicted octanol–water partition coefficient (Wildman–Crippen LogP) is 2.50. The number of rotatable bonds is 5. The molecule has 4 fully saturated rings. The SMILES string of the molecule is C[C@]12CC[C@@H](O)C[C@H]1CC[C@@H]1[C@@H]2C(=O)C[C@@]2(C)[C@H]1CC[C@]2(O)C(=O)CO.N[C@@H](Cc1ccccc1)C(=O)O. The number of hydrogen-bond acceptors (Lipinski definition) is 7. The summed E-state index contributed by atoms with van der Waals surface area (Å²) in [7, 11) is 0. The molecular weight excluding hydrogens is 486 g/mol. The van der Waals surface area contributed by atoms with E-state index in [1.54, 1.807) is 0 Å². The van der Waals surface area contributed by atoms with Gasteiger partial charge in [-0.3, -0.25) is 14.4 Å². The molecule has 5 rings (SSSR count). The van der Waals surface area contributed by atoms with E-state index < -0.39 is 35.4 Å². The van der Waals surface area contributed by atoms with E-state index in [0.717, 1.165) is 44.1 Å². The highest BCUT2D eigenvalue weighted by Crippen LogP contribution is 2.67. The lowest BCUT2D eigenvalue weighted by Gasteiger charge is -2.60. The molecule has 0 aliphatic heterocycles. The van der Waals surface area contributed by atoms with E-state index in [-0.39, 0.29) is 41.5 Å². The first-order valence-corrected chi connectivity index (χ1v) is 14.0. The van der Waals surface area contributed by atoms with Gasteiger partial charge in [0, 0.05) is 17.8 Å². The number of benzene rings is 1. The average molecular weight is 530 g/mol. The van der Waals surface area contributed by atoms with Crippen molar-refractivity contribution in [2.45, 2.75) is 89.4 Å². The van der Waals surface area contributed by atoms with Crippen LogP contribution in [-0.4, -0.2) is 62.3 Å². The minimum Gasteiger partial charge on any atom is -0.480 e. The standard InChI is InChI=1S/C21H32O5.C9H11NO2/c1-19-7-5-13(23)9-12(19)3-4-14-15-6-8-21(26,17(25)11-22)20(15,2)10-16(24)18(14)19;10-8(9(11)12)6-7-4-2-1-3-5-7/h12-15,18,22-23,26H,3-11H2,1-2H3;1-5,8H,6,10H2,(H,11,12)/t12-,13-,14+,15+,18-,19+,20+,21+;8-/m10/s1. The highest BCUT2D eigenvalue weighted by Gasteiger charge is 2.68. The Morgan fingerprint density at radius 2 is 1.76 bits per heavy atom. The van der Waals surface area contributed by atoms with Crippen LogP contribution >= 0.6 is 0 Å². The average Bonchev–Trinajstić information content (AvgIpc) is 3.15. The van der Waals surface area contributed by atoms with Gasteiger partial charge in [-0.2, -0.15) is 0 Å². The second kappa shape index (κ2) is 10.8. The van der Waals surface area contributed by atoms with E-state index >= 15 is 0 Å². The molecule has 4 saturated carbocycles. The Morgan fingerprint density at radius 1 is 1.08 bits per heavy atom. The highest BCUT2D eigenvalue weighted by atomic mass is 16.4. The Kier molecular flexibility index (Phi) is 8.20. The molecule has 0 bridgehead atoms. The molecule has 1 aromatic rings. The van der Waals surface area contributed by atoms with Gasteiger partial charge in [-0.05, 0) is 80.1 Å². The number of Topliss-reactive ketones (excluding diaryl/α,β-unsaturated/α-hetero) is 2. The van der Waals surface area contributed by atoms with Gasteiger partial charge in [-0.25, -0.2) is 0 Å². The molecule has 8 nitrogen and oxygen atoms in total. The molecule has 0 saturated heterocycles. The summed E-state index contributed by atoms with van der Waals surface area (Å²) in [5.41, 5.74) is 3.90. The number of aliphatic hydroxyl groups is 3. The predicted molar refractivity (Wildman–Crippen MR) is 141 cm³/mol. The molecule has 8 heteroatoms. The van der Waals surface area contributed by atoms with E-state index in [4.69, 9.17) is 10.8 Å². The monoisotopic (exact) mass is 529 g/mol. The van der Waals surface area contributed by atoms with Gasteiger partial charge in [0.1, 0.15) is 24.0 Å². The molecule has 0 radical (unpaired) electrons. The minimum absolute atomic E-state index is 0.0154. The fourth-order valence-corrected chi connectivity index (χ4v) is 8.60. The van der Waals surface area contributed by atoms with Crippen molar-refractivity contribution >= 4 is 17.5 Å². The first-order valence-electron chi connectivity index (χ1n) is 14.0. The molecule has 210 valence electrons. The van der Waals surface area contributed by atoms with Gasteiger partial charge in [-0.1, -0.05) is 44.2 Å². The third kappa shape index (κ3) is 4.85. The normalized spacial score (nSPS) is 40.6. The van der Waals surface area contributed by atoms with Crippen LogP contribution in [0.4, 0.5) is 0 Å². The van der Waals surface area contributed by atoms with Crippen LogP contribution in [0.15, 0.2) is 30.3 Å². The van der Waals surface area contributed by atoms with E-state index in [1.165, 1.54) is 0 Å². The fourth-order valence-electron chi connectivity index (χ4n) is 8.60. The molecular formula is C30H43NO7. The topological polar surface area (TPSA) is 158 Å². The van der Waals surface area contributed by atoms with Crippen molar-refractivity contribution in [1.29, 1.82) is 0 Å². The number of ketones is 2. The summed E-state index contributed by atoms with van der Waals surface area (Å²) in [6, 6.07) is 8.54. The summed E-state index contributed by atoms with van der Waals surface area (Å²) < 4.78 is 0. The number of fused-ring (bicyclic) bond motifs is 5. The Bertz CT molecular complexity index is 1050. The Morgan fingerprint density at radius 3 is 2.39 bits per heavy atom. The summed E-state index contributed by atoms with van der Waals surface area (Å²) in [6.07, 6.45) is 5.86. The van der Waals surface area contributed by atoms with E-state index in [1.807, 2.05) is 37.3 Å². The molecule has 0 heterocycles. The number of carboxylic acid groups (broad SMARTS) is 1. The summed E-state index contributed by atoms with van der Waals surface area (Å²) in [5.74, 6) is -0.580. The van der Waals surface area contributed by atoms with E-state index in [2.05, 4.69) is 6.92 Å². The summed E-state index contributed by atoms with van der Waals surface area (Å²) in [5, 5.41) is 39.1. The van der Waals surface area contributed by atoms with Crippen molar-refractivity contribution in [2.24, 2.45) is 40.2 Å².